The quantitative estimate of drug-likeness (QED) is 0.796. The second-order valence-corrected chi connectivity index (χ2v) is 5.62. The minimum atomic E-state index is -0.385. The van der Waals surface area contributed by atoms with Gasteiger partial charge in [-0.05, 0) is 18.6 Å². The van der Waals surface area contributed by atoms with Crippen molar-refractivity contribution in [2.75, 3.05) is 12.4 Å². The maximum absolute atomic E-state index is 12.7. The first-order valence-electron chi connectivity index (χ1n) is 7.40. The molecule has 3 aromatic rings. The van der Waals surface area contributed by atoms with Crippen LogP contribution in [-0.2, 0) is 14.1 Å². The highest BCUT2D eigenvalue weighted by Gasteiger charge is 2.19. The molecule has 1 amide bonds. The van der Waals surface area contributed by atoms with E-state index in [1.807, 2.05) is 14.0 Å². The molecule has 0 radical (unpaired) electrons. The van der Waals surface area contributed by atoms with Gasteiger partial charge in [0, 0.05) is 32.6 Å². The summed E-state index contributed by atoms with van der Waals surface area (Å²) in [4.78, 5) is 29.3. The molecule has 0 atom stereocenters. The highest BCUT2D eigenvalue weighted by Crippen LogP contribution is 2.21. The van der Waals surface area contributed by atoms with Gasteiger partial charge in [0.05, 0.1) is 23.6 Å². The average Bonchev–Trinajstić information content (AvgIpc) is 2.91. The topological polar surface area (TPSA) is 78.1 Å². The first-order chi connectivity index (χ1) is 11.4. The summed E-state index contributed by atoms with van der Waals surface area (Å²) in [5.74, 6) is 0.377. The van der Waals surface area contributed by atoms with E-state index in [9.17, 15) is 9.59 Å². The van der Waals surface area contributed by atoms with Crippen LogP contribution in [0.5, 0.6) is 5.88 Å². The van der Waals surface area contributed by atoms with E-state index >= 15 is 0 Å². The predicted octanol–water partition coefficient (Wildman–Crippen LogP) is 1.84. The van der Waals surface area contributed by atoms with E-state index in [-0.39, 0.29) is 11.5 Å². The Morgan fingerprint density at radius 2 is 1.96 bits per heavy atom. The molecule has 7 nitrogen and oxygen atoms in total. The number of nitrogens with one attached hydrogen (secondary N) is 1. The molecule has 0 saturated heterocycles. The number of carbonyl (C=O) groups excluding carboxylic acids is 1. The number of carbonyl (C=O) groups is 1. The molecule has 0 aromatic carbocycles. The third-order valence-corrected chi connectivity index (χ3v) is 3.90. The number of aryl methyl sites for hydroxylation is 3. The van der Waals surface area contributed by atoms with Gasteiger partial charge in [-0.25, -0.2) is 0 Å². The molecule has 0 bridgehead atoms. The number of nitrogens with zero attached hydrogens (tertiary/aromatic N) is 3. The maximum Gasteiger partial charge on any atom is 0.260 e. The number of fused-ring (bicyclic) bond motifs is 1. The number of hydrogen-bond donors (Lipinski definition) is 1. The summed E-state index contributed by atoms with van der Waals surface area (Å²) < 4.78 is 8.32. The van der Waals surface area contributed by atoms with Gasteiger partial charge in [0.25, 0.3) is 11.5 Å². The number of anilines is 1. The summed E-state index contributed by atoms with van der Waals surface area (Å²) in [7, 11) is 4.99. The zero-order valence-corrected chi connectivity index (χ0v) is 14.0. The molecular formula is C17H18N4O3. The fourth-order valence-corrected chi connectivity index (χ4v) is 2.86. The Morgan fingerprint density at radius 1 is 1.21 bits per heavy atom. The number of aromatic nitrogens is 3. The van der Waals surface area contributed by atoms with Gasteiger partial charge in [0.2, 0.25) is 5.88 Å². The normalized spacial score (nSPS) is 10.8. The summed E-state index contributed by atoms with van der Waals surface area (Å²) >= 11 is 0. The van der Waals surface area contributed by atoms with Crippen molar-refractivity contribution in [2.45, 2.75) is 6.92 Å². The lowest BCUT2D eigenvalue weighted by atomic mass is 10.1. The van der Waals surface area contributed by atoms with E-state index in [2.05, 4.69) is 10.3 Å². The molecular weight excluding hydrogens is 308 g/mol. The molecule has 1 N–H and O–H groups in total. The fourth-order valence-electron chi connectivity index (χ4n) is 2.86. The fraction of sp³-hybridized carbons (Fsp3) is 0.235. The zero-order chi connectivity index (χ0) is 17.4. The van der Waals surface area contributed by atoms with Crippen molar-refractivity contribution in [3.8, 4) is 5.88 Å². The molecule has 0 spiro atoms. The Labute approximate surface area is 138 Å². The van der Waals surface area contributed by atoms with Crippen molar-refractivity contribution in [1.29, 1.82) is 0 Å². The Hall–Kier alpha value is -3.09. The monoisotopic (exact) mass is 326 g/mol. The van der Waals surface area contributed by atoms with Gasteiger partial charge >= 0.3 is 0 Å². The number of pyridine rings is 2. The van der Waals surface area contributed by atoms with Gasteiger partial charge in [-0.3, -0.25) is 9.59 Å². The molecule has 0 fully saturated rings. The van der Waals surface area contributed by atoms with Crippen LogP contribution in [-0.4, -0.2) is 27.1 Å². The summed E-state index contributed by atoms with van der Waals surface area (Å²) in [5, 5.41) is 3.12. The third kappa shape index (κ3) is 2.54. The summed E-state index contributed by atoms with van der Waals surface area (Å²) in [5.41, 5.74) is 1.79. The van der Waals surface area contributed by atoms with Crippen molar-refractivity contribution in [3.63, 3.8) is 0 Å². The number of amides is 1. The molecule has 3 rings (SSSR count). The molecule has 3 aromatic heterocycles. The third-order valence-electron chi connectivity index (χ3n) is 3.90. The molecule has 0 unspecified atom stereocenters. The molecule has 124 valence electrons. The highest BCUT2D eigenvalue weighted by molar-refractivity contribution is 6.12. The molecule has 7 heteroatoms. The van der Waals surface area contributed by atoms with Crippen LogP contribution in [0, 0.1) is 6.92 Å². The van der Waals surface area contributed by atoms with Crippen LogP contribution in [0.15, 0.2) is 35.4 Å². The lowest BCUT2D eigenvalue weighted by Crippen LogP contribution is -2.20. The zero-order valence-electron chi connectivity index (χ0n) is 14.0. The summed E-state index contributed by atoms with van der Waals surface area (Å²) in [6.07, 6.45) is 3.42. The van der Waals surface area contributed by atoms with Crippen molar-refractivity contribution in [3.05, 3.63) is 52.1 Å². The Morgan fingerprint density at radius 3 is 2.67 bits per heavy atom. The van der Waals surface area contributed by atoms with Crippen LogP contribution in [0.1, 0.15) is 15.9 Å². The van der Waals surface area contributed by atoms with Gasteiger partial charge in [0.15, 0.2) is 0 Å². The number of rotatable bonds is 3. The van der Waals surface area contributed by atoms with Crippen molar-refractivity contribution >= 4 is 22.6 Å². The molecule has 0 saturated carbocycles. The van der Waals surface area contributed by atoms with E-state index in [4.69, 9.17) is 4.74 Å². The van der Waals surface area contributed by atoms with E-state index in [0.29, 0.717) is 22.6 Å². The summed E-state index contributed by atoms with van der Waals surface area (Å²) in [6.45, 7) is 1.91. The van der Waals surface area contributed by atoms with Crippen LogP contribution >= 0.6 is 0 Å². The van der Waals surface area contributed by atoms with Crippen molar-refractivity contribution in [2.24, 2.45) is 14.1 Å². The minimum absolute atomic E-state index is 0.208. The smallest absolute Gasteiger partial charge is 0.260 e. The lowest BCUT2D eigenvalue weighted by molar-refractivity contribution is 0.102. The SMILES string of the molecule is COc1cccc(NC(=O)c2cn(C)c3c(C)cn(C)c(=O)c23)n1. The van der Waals surface area contributed by atoms with Crippen molar-refractivity contribution in [1.82, 2.24) is 14.1 Å². The molecule has 0 aliphatic heterocycles. The molecule has 3 heterocycles. The van der Waals surface area contributed by atoms with E-state index < -0.39 is 0 Å². The second kappa shape index (κ2) is 5.84. The van der Waals surface area contributed by atoms with Gasteiger partial charge in [-0.15, -0.1) is 0 Å². The Bertz CT molecular complexity index is 1000. The average molecular weight is 326 g/mol. The number of methoxy groups -OCH3 is 1. The largest absolute Gasteiger partial charge is 0.481 e. The van der Waals surface area contributed by atoms with Crippen LogP contribution < -0.4 is 15.6 Å². The molecule has 0 aliphatic carbocycles. The Balaban J connectivity index is 2.09. The first kappa shape index (κ1) is 15.8. The van der Waals surface area contributed by atoms with Crippen LogP contribution in [0.4, 0.5) is 5.82 Å². The van der Waals surface area contributed by atoms with E-state index in [1.165, 1.54) is 11.7 Å². The first-order valence-corrected chi connectivity index (χ1v) is 7.40. The van der Waals surface area contributed by atoms with Crippen LogP contribution in [0.3, 0.4) is 0 Å². The van der Waals surface area contributed by atoms with Crippen LogP contribution in [0.25, 0.3) is 10.9 Å². The molecule has 0 aliphatic rings. The summed E-state index contributed by atoms with van der Waals surface area (Å²) in [6, 6.07) is 5.08. The second-order valence-electron chi connectivity index (χ2n) is 5.62. The lowest BCUT2D eigenvalue weighted by Gasteiger charge is -2.06. The van der Waals surface area contributed by atoms with Crippen LogP contribution in [0.2, 0.25) is 0 Å². The van der Waals surface area contributed by atoms with Gasteiger partial charge in [-0.1, -0.05) is 6.07 Å². The predicted molar refractivity (Wildman–Crippen MR) is 91.6 cm³/mol. The standard InChI is InChI=1S/C17H18N4O3/c1-10-8-21(3)17(23)14-11(9-20(2)15(10)14)16(22)19-12-6-5-7-13(18-12)24-4/h5-9H,1-4H3,(H,18,19,22). The van der Waals surface area contributed by atoms with Gasteiger partial charge < -0.3 is 19.2 Å². The maximum atomic E-state index is 12.7. The highest BCUT2D eigenvalue weighted by atomic mass is 16.5. The molecule has 24 heavy (non-hydrogen) atoms. The van der Waals surface area contributed by atoms with Gasteiger partial charge in [-0.2, -0.15) is 4.98 Å². The van der Waals surface area contributed by atoms with Crippen molar-refractivity contribution < 1.29 is 9.53 Å². The minimum Gasteiger partial charge on any atom is -0.481 e. The van der Waals surface area contributed by atoms with Gasteiger partial charge in [0.1, 0.15) is 5.82 Å². The van der Waals surface area contributed by atoms with E-state index in [0.717, 1.165) is 11.1 Å². The number of ether oxygens (including phenoxy) is 1. The van der Waals surface area contributed by atoms with E-state index in [1.54, 1.807) is 42.2 Å². The Kier molecular flexibility index (Phi) is 3.84. The number of hydrogen-bond acceptors (Lipinski definition) is 4.